The summed E-state index contributed by atoms with van der Waals surface area (Å²) in [4.78, 5) is 64.4. The SMILES string of the molecule is CC(=O)O[C@H](C(=O)O[C@H]1C[C@](O)(C(C)=O)Cc2c(O)c3c(c(O)c21)C(=O)c1ccccc1C3=O)c1ccccc1. The molecule has 10 heteroatoms. The summed E-state index contributed by atoms with van der Waals surface area (Å²) in [5.74, 6) is -5.49. The first-order valence-corrected chi connectivity index (χ1v) is 12.4. The number of phenolic OH excluding ortho intramolecular Hbond substituents is 2. The molecule has 0 saturated heterocycles. The fourth-order valence-electron chi connectivity index (χ4n) is 5.30. The van der Waals surface area contributed by atoms with Gasteiger partial charge >= 0.3 is 11.9 Å². The van der Waals surface area contributed by atoms with Gasteiger partial charge in [-0.05, 0) is 6.92 Å². The molecule has 3 atom stereocenters. The quantitative estimate of drug-likeness (QED) is 0.251. The van der Waals surface area contributed by atoms with E-state index in [-0.39, 0.29) is 27.8 Å². The van der Waals surface area contributed by atoms with Crippen molar-refractivity contribution in [2.45, 2.75) is 44.5 Å². The van der Waals surface area contributed by atoms with Gasteiger partial charge < -0.3 is 24.8 Å². The smallest absolute Gasteiger partial charge is 0.352 e. The Labute approximate surface area is 227 Å². The van der Waals surface area contributed by atoms with Crippen LogP contribution in [0.4, 0.5) is 0 Å². The van der Waals surface area contributed by atoms with E-state index in [0.29, 0.717) is 0 Å². The van der Waals surface area contributed by atoms with Gasteiger partial charge in [0.2, 0.25) is 6.10 Å². The van der Waals surface area contributed by atoms with Crippen molar-refractivity contribution in [2.24, 2.45) is 0 Å². The van der Waals surface area contributed by atoms with E-state index in [1.165, 1.54) is 24.3 Å². The van der Waals surface area contributed by atoms with E-state index in [1.807, 2.05) is 0 Å². The maximum Gasteiger partial charge on any atom is 0.352 e. The van der Waals surface area contributed by atoms with Gasteiger partial charge in [0.15, 0.2) is 17.3 Å². The summed E-state index contributed by atoms with van der Waals surface area (Å²) >= 11 is 0. The molecule has 0 radical (unpaired) electrons. The van der Waals surface area contributed by atoms with Gasteiger partial charge in [-0.2, -0.15) is 0 Å². The molecule has 0 saturated carbocycles. The van der Waals surface area contributed by atoms with E-state index in [2.05, 4.69) is 0 Å². The first-order valence-electron chi connectivity index (χ1n) is 12.4. The highest BCUT2D eigenvalue weighted by molar-refractivity contribution is 6.30. The van der Waals surface area contributed by atoms with Crippen molar-refractivity contribution in [2.75, 3.05) is 0 Å². The van der Waals surface area contributed by atoms with Crippen LogP contribution < -0.4 is 0 Å². The number of aromatic hydroxyl groups is 2. The Morgan fingerprint density at radius 1 is 0.875 bits per heavy atom. The van der Waals surface area contributed by atoms with Gasteiger partial charge in [0.25, 0.3) is 0 Å². The second kappa shape index (κ2) is 9.73. The Kier molecular flexibility index (Phi) is 6.51. The van der Waals surface area contributed by atoms with Gasteiger partial charge in [0.05, 0.1) is 11.1 Å². The van der Waals surface area contributed by atoms with E-state index in [0.717, 1.165) is 13.8 Å². The maximum atomic E-state index is 13.4. The Bertz CT molecular complexity index is 1610. The first kappa shape index (κ1) is 26.8. The predicted molar refractivity (Wildman–Crippen MR) is 137 cm³/mol. The van der Waals surface area contributed by atoms with Gasteiger partial charge in [-0.3, -0.25) is 19.2 Å². The summed E-state index contributed by atoms with van der Waals surface area (Å²) in [7, 11) is 0. The monoisotopic (exact) mass is 544 g/mol. The highest BCUT2D eigenvalue weighted by Gasteiger charge is 2.49. The zero-order valence-electron chi connectivity index (χ0n) is 21.5. The molecule has 0 aromatic heterocycles. The lowest BCUT2D eigenvalue weighted by molar-refractivity contribution is -0.175. The first-order chi connectivity index (χ1) is 18.9. The largest absolute Gasteiger partial charge is 0.507 e. The molecule has 0 unspecified atom stereocenters. The van der Waals surface area contributed by atoms with E-state index >= 15 is 0 Å². The number of benzene rings is 3. The van der Waals surface area contributed by atoms with Crippen molar-refractivity contribution in [1.82, 2.24) is 0 Å². The summed E-state index contributed by atoms with van der Waals surface area (Å²) < 4.78 is 10.8. The van der Waals surface area contributed by atoms with Crippen LogP contribution >= 0.6 is 0 Å². The lowest BCUT2D eigenvalue weighted by Crippen LogP contribution is -2.45. The number of rotatable bonds is 5. The van der Waals surface area contributed by atoms with Crippen molar-refractivity contribution in [1.29, 1.82) is 0 Å². The van der Waals surface area contributed by atoms with E-state index in [1.54, 1.807) is 30.3 Å². The summed E-state index contributed by atoms with van der Waals surface area (Å²) in [5.41, 5.74) is -3.25. The fourth-order valence-corrected chi connectivity index (χ4v) is 5.30. The third-order valence-corrected chi connectivity index (χ3v) is 7.29. The molecular weight excluding hydrogens is 520 g/mol. The molecule has 2 aliphatic rings. The van der Waals surface area contributed by atoms with E-state index in [9.17, 15) is 39.3 Å². The van der Waals surface area contributed by atoms with Gasteiger partial charge in [-0.1, -0.05) is 54.6 Å². The van der Waals surface area contributed by atoms with Crippen LogP contribution in [0.2, 0.25) is 0 Å². The van der Waals surface area contributed by atoms with Gasteiger partial charge in [-0.15, -0.1) is 0 Å². The Morgan fingerprint density at radius 2 is 1.43 bits per heavy atom. The second-order valence-electron chi connectivity index (χ2n) is 9.84. The number of ketones is 3. The van der Waals surface area contributed by atoms with Crippen LogP contribution in [-0.4, -0.2) is 50.2 Å². The molecule has 0 aliphatic heterocycles. The minimum atomic E-state index is -2.15. The van der Waals surface area contributed by atoms with E-state index in [4.69, 9.17) is 9.47 Å². The van der Waals surface area contributed by atoms with Crippen LogP contribution in [0, 0.1) is 0 Å². The fraction of sp³-hybridized carbons (Fsp3) is 0.233. The molecule has 3 N–H and O–H groups in total. The minimum Gasteiger partial charge on any atom is -0.507 e. The van der Waals surface area contributed by atoms with Gasteiger partial charge in [-0.25, -0.2) is 4.79 Å². The number of Topliss-reactive ketones (excluding diaryl/α,β-unsaturated/α-hetero) is 1. The lowest BCUT2D eigenvalue weighted by atomic mass is 9.72. The molecule has 5 rings (SSSR count). The van der Waals surface area contributed by atoms with Gasteiger partial charge in [0, 0.05) is 47.6 Å². The molecule has 204 valence electrons. The van der Waals surface area contributed by atoms with E-state index < -0.39 is 82.6 Å². The summed E-state index contributed by atoms with van der Waals surface area (Å²) in [5, 5.41) is 33.9. The number of fused-ring (bicyclic) bond motifs is 3. The highest BCUT2D eigenvalue weighted by atomic mass is 16.6. The molecule has 3 aromatic rings. The van der Waals surface area contributed by atoms with Crippen molar-refractivity contribution in [3.8, 4) is 11.5 Å². The molecule has 2 aliphatic carbocycles. The lowest BCUT2D eigenvalue weighted by Gasteiger charge is -2.38. The predicted octanol–water partition coefficient (Wildman–Crippen LogP) is 3.03. The summed E-state index contributed by atoms with van der Waals surface area (Å²) in [6.45, 7) is 2.21. The zero-order chi connectivity index (χ0) is 28.9. The van der Waals surface area contributed by atoms with Crippen LogP contribution in [0.15, 0.2) is 54.6 Å². The second-order valence-corrected chi connectivity index (χ2v) is 9.84. The molecule has 0 amide bonds. The molecule has 0 bridgehead atoms. The maximum absolute atomic E-state index is 13.4. The highest BCUT2D eigenvalue weighted by Crippen LogP contribution is 2.51. The van der Waals surface area contributed by atoms with Crippen molar-refractivity contribution in [3.05, 3.63) is 93.5 Å². The number of carbonyl (C=O) groups excluding carboxylic acids is 5. The molecule has 40 heavy (non-hydrogen) atoms. The Morgan fingerprint density at radius 3 is 1.98 bits per heavy atom. The van der Waals surface area contributed by atoms with Crippen molar-refractivity contribution in [3.63, 3.8) is 0 Å². The number of carbonyl (C=O) groups is 5. The number of ether oxygens (including phenoxy) is 2. The topological polar surface area (TPSA) is 164 Å². The van der Waals surface area contributed by atoms with Crippen LogP contribution in [0.25, 0.3) is 0 Å². The third kappa shape index (κ3) is 4.22. The normalized spacial score (nSPS) is 20.0. The standard InChI is InChI=1S/C30H24O10/c1-14(31)30(38)12-19-21(20(13-30)40-29(37)28(39-15(2)32)16-8-4-3-5-9-16)27(36)23-22(26(19)35)24(33)17-10-6-7-11-18(17)25(23)34/h3-11,20,28,35-36,38H,12-13H2,1-2H3/t20-,28-,30-/m0/s1. The van der Waals surface area contributed by atoms with Crippen LogP contribution in [0.1, 0.15) is 81.0 Å². The molecule has 3 aromatic carbocycles. The van der Waals surface area contributed by atoms with Crippen LogP contribution in [0.5, 0.6) is 11.5 Å². The van der Waals surface area contributed by atoms with Crippen molar-refractivity contribution >= 4 is 29.3 Å². The number of esters is 2. The number of hydrogen-bond donors (Lipinski definition) is 3. The number of aliphatic hydroxyl groups is 1. The summed E-state index contributed by atoms with van der Waals surface area (Å²) in [6.07, 6.45) is -4.15. The average Bonchev–Trinajstić information content (AvgIpc) is 2.92. The Hall–Kier alpha value is -4.83. The van der Waals surface area contributed by atoms with Crippen molar-refractivity contribution < 1.29 is 48.8 Å². The minimum absolute atomic E-state index is 0.0123. The average molecular weight is 545 g/mol. The van der Waals surface area contributed by atoms with Gasteiger partial charge in [0.1, 0.15) is 23.2 Å². The van der Waals surface area contributed by atoms with Crippen LogP contribution in [0.3, 0.4) is 0 Å². The molecule has 0 fully saturated rings. The Balaban J connectivity index is 1.67. The molecule has 0 heterocycles. The third-order valence-electron chi connectivity index (χ3n) is 7.29. The number of phenols is 2. The molecular formula is C30H24O10. The van der Waals surface area contributed by atoms with Crippen LogP contribution in [-0.2, 0) is 30.3 Å². The molecule has 10 nitrogen and oxygen atoms in total. The number of hydrogen-bond acceptors (Lipinski definition) is 10. The summed E-state index contributed by atoms with van der Waals surface area (Å²) in [6, 6.07) is 13.9. The molecule has 0 spiro atoms. The zero-order valence-corrected chi connectivity index (χ0v) is 21.5.